The van der Waals surface area contributed by atoms with E-state index in [2.05, 4.69) is 40.8 Å². The van der Waals surface area contributed by atoms with E-state index in [1.54, 1.807) is 0 Å². The molecule has 3 nitrogen and oxygen atoms in total. The van der Waals surface area contributed by atoms with Crippen LogP contribution in [0.15, 0.2) is 0 Å². The predicted octanol–water partition coefficient (Wildman–Crippen LogP) is 9.59. The van der Waals surface area contributed by atoms with E-state index >= 15 is 0 Å². The molecule has 3 atom stereocenters. The van der Waals surface area contributed by atoms with Gasteiger partial charge in [-0.1, -0.05) is 124 Å². The molecule has 1 fully saturated rings. The van der Waals surface area contributed by atoms with Crippen LogP contribution in [0.4, 0.5) is 0 Å². The molecule has 0 amide bonds. The number of cyclic esters (lactones) is 1. The van der Waals surface area contributed by atoms with Gasteiger partial charge in [0.15, 0.2) is 8.32 Å². The van der Waals surface area contributed by atoms with Gasteiger partial charge >= 0.3 is 5.97 Å². The highest BCUT2D eigenvalue weighted by Crippen LogP contribution is 2.39. The first-order valence-electron chi connectivity index (χ1n) is 14.5. The fourth-order valence-electron chi connectivity index (χ4n) is 4.51. The Morgan fingerprint density at radius 3 is 1.61 bits per heavy atom. The van der Waals surface area contributed by atoms with Crippen molar-refractivity contribution in [3.8, 4) is 0 Å². The zero-order valence-electron chi connectivity index (χ0n) is 23.5. The normalized spacial score (nSPS) is 19.9. The van der Waals surface area contributed by atoms with Crippen molar-refractivity contribution in [3.05, 3.63) is 0 Å². The van der Waals surface area contributed by atoms with Crippen molar-refractivity contribution in [2.45, 2.75) is 174 Å². The van der Waals surface area contributed by atoms with Crippen LogP contribution in [-0.4, -0.2) is 26.5 Å². The van der Waals surface area contributed by atoms with Crippen LogP contribution in [0.3, 0.4) is 0 Å². The van der Waals surface area contributed by atoms with Crippen LogP contribution in [0.1, 0.15) is 144 Å². The lowest BCUT2D eigenvalue weighted by Gasteiger charge is -2.42. The monoisotopic (exact) mass is 482 g/mol. The summed E-state index contributed by atoms with van der Waals surface area (Å²) in [4.78, 5) is 11.5. The van der Waals surface area contributed by atoms with Gasteiger partial charge in [0.25, 0.3) is 0 Å². The van der Waals surface area contributed by atoms with E-state index in [1.807, 2.05) is 6.92 Å². The standard InChI is InChI=1S/C29H58O3Si/c1-8-9-10-11-12-13-14-15-16-17-18-19-20-21-22-23-26(24-27-25(2)28(30)31-27)32-33(6,7)29(3,4)5/h25-27H,8-24H2,1-7H3/t25-,26-,27-/m1/s1. The Hall–Kier alpha value is -0.353. The minimum Gasteiger partial charge on any atom is -0.461 e. The number of hydrogen-bond donors (Lipinski definition) is 0. The molecule has 0 aromatic rings. The van der Waals surface area contributed by atoms with Gasteiger partial charge in [-0.25, -0.2) is 0 Å². The lowest BCUT2D eigenvalue weighted by Crippen LogP contribution is -2.49. The molecule has 4 heteroatoms. The molecule has 1 rings (SSSR count). The first-order chi connectivity index (χ1) is 15.6. The first-order valence-corrected chi connectivity index (χ1v) is 17.4. The van der Waals surface area contributed by atoms with Gasteiger partial charge in [-0.3, -0.25) is 4.79 Å². The maximum absolute atomic E-state index is 11.5. The Morgan fingerprint density at radius 2 is 1.24 bits per heavy atom. The molecule has 0 aliphatic carbocycles. The van der Waals surface area contributed by atoms with Gasteiger partial charge in [0.05, 0.1) is 5.92 Å². The van der Waals surface area contributed by atoms with Crippen molar-refractivity contribution >= 4 is 14.3 Å². The highest BCUT2D eigenvalue weighted by molar-refractivity contribution is 6.74. The number of ether oxygens (including phenoxy) is 1. The zero-order chi connectivity index (χ0) is 24.7. The van der Waals surface area contributed by atoms with Gasteiger partial charge in [-0.15, -0.1) is 0 Å². The Morgan fingerprint density at radius 1 is 0.818 bits per heavy atom. The van der Waals surface area contributed by atoms with Gasteiger partial charge < -0.3 is 9.16 Å². The lowest BCUT2D eigenvalue weighted by atomic mass is 9.92. The van der Waals surface area contributed by atoms with Crippen LogP contribution in [-0.2, 0) is 14.0 Å². The van der Waals surface area contributed by atoms with E-state index in [4.69, 9.17) is 9.16 Å². The second-order valence-corrected chi connectivity index (χ2v) is 17.0. The van der Waals surface area contributed by atoms with E-state index < -0.39 is 8.32 Å². The average molecular weight is 483 g/mol. The maximum Gasteiger partial charge on any atom is 0.312 e. The van der Waals surface area contributed by atoms with E-state index in [9.17, 15) is 4.79 Å². The number of rotatable bonds is 20. The Bertz CT molecular complexity index is 511. The van der Waals surface area contributed by atoms with E-state index in [0.29, 0.717) is 0 Å². The summed E-state index contributed by atoms with van der Waals surface area (Å²) in [6.07, 6.45) is 23.2. The van der Waals surface area contributed by atoms with Crippen LogP contribution < -0.4 is 0 Å². The topological polar surface area (TPSA) is 35.5 Å². The van der Waals surface area contributed by atoms with Crippen LogP contribution in [0.5, 0.6) is 0 Å². The van der Waals surface area contributed by atoms with Gasteiger partial charge in [0.1, 0.15) is 6.10 Å². The molecule has 0 N–H and O–H groups in total. The number of unbranched alkanes of at least 4 members (excludes halogenated alkanes) is 14. The van der Waals surface area contributed by atoms with Gasteiger partial charge in [0.2, 0.25) is 0 Å². The summed E-state index contributed by atoms with van der Waals surface area (Å²) < 4.78 is 12.2. The molecule has 196 valence electrons. The van der Waals surface area contributed by atoms with Crippen molar-refractivity contribution in [2.24, 2.45) is 5.92 Å². The number of hydrogen-bond acceptors (Lipinski definition) is 3. The average Bonchev–Trinajstić information content (AvgIpc) is 2.74. The molecule has 33 heavy (non-hydrogen) atoms. The predicted molar refractivity (Wildman–Crippen MR) is 145 cm³/mol. The summed E-state index contributed by atoms with van der Waals surface area (Å²) in [5.74, 6) is -0.00498. The summed E-state index contributed by atoms with van der Waals surface area (Å²) in [7, 11) is -1.81. The summed E-state index contributed by atoms with van der Waals surface area (Å²) in [5, 5.41) is 0.211. The highest BCUT2D eigenvalue weighted by Gasteiger charge is 2.43. The van der Waals surface area contributed by atoms with Crippen molar-refractivity contribution in [1.82, 2.24) is 0 Å². The Kier molecular flexibility index (Phi) is 15.2. The summed E-state index contributed by atoms with van der Waals surface area (Å²) in [6, 6.07) is 0. The maximum atomic E-state index is 11.5. The fraction of sp³-hybridized carbons (Fsp3) is 0.966. The van der Waals surface area contributed by atoms with Crippen molar-refractivity contribution in [1.29, 1.82) is 0 Å². The quantitative estimate of drug-likeness (QED) is 0.0984. The van der Waals surface area contributed by atoms with E-state index in [0.717, 1.165) is 12.8 Å². The molecular weight excluding hydrogens is 424 g/mol. The molecule has 0 unspecified atom stereocenters. The second-order valence-electron chi connectivity index (χ2n) is 12.2. The molecule has 0 aromatic heterocycles. The van der Waals surface area contributed by atoms with Crippen molar-refractivity contribution in [3.63, 3.8) is 0 Å². The third-order valence-corrected chi connectivity index (χ3v) is 12.6. The first kappa shape index (κ1) is 30.7. The van der Waals surface area contributed by atoms with Crippen LogP contribution in [0, 0.1) is 5.92 Å². The van der Waals surface area contributed by atoms with Crippen LogP contribution >= 0.6 is 0 Å². The number of carbonyl (C=O) groups is 1. The second kappa shape index (κ2) is 16.3. The van der Waals surface area contributed by atoms with Gasteiger partial charge in [0, 0.05) is 12.5 Å². The smallest absolute Gasteiger partial charge is 0.312 e. The van der Waals surface area contributed by atoms with Gasteiger partial charge in [-0.2, -0.15) is 0 Å². The van der Waals surface area contributed by atoms with Crippen LogP contribution in [0.2, 0.25) is 18.1 Å². The SMILES string of the molecule is CCCCCCCCCCCCCCCCC[C@H](C[C@H]1OC(=O)[C@@H]1C)O[Si](C)(C)C(C)(C)C. The van der Waals surface area contributed by atoms with Crippen molar-refractivity contribution < 1.29 is 14.0 Å². The van der Waals surface area contributed by atoms with E-state index in [1.165, 1.54) is 96.3 Å². The molecule has 1 aliphatic rings. The van der Waals surface area contributed by atoms with Crippen LogP contribution in [0.25, 0.3) is 0 Å². The minimum atomic E-state index is -1.81. The molecule has 1 saturated heterocycles. The molecule has 1 heterocycles. The van der Waals surface area contributed by atoms with Gasteiger partial charge in [-0.05, 0) is 31.5 Å². The molecule has 0 aromatic carbocycles. The largest absolute Gasteiger partial charge is 0.461 e. The third kappa shape index (κ3) is 12.8. The lowest BCUT2D eigenvalue weighted by molar-refractivity contribution is -0.185. The Balaban J connectivity index is 2.13. The fourth-order valence-corrected chi connectivity index (χ4v) is 5.91. The zero-order valence-corrected chi connectivity index (χ0v) is 24.5. The molecule has 0 bridgehead atoms. The Labute approximate surface area is 208 Å². The number of esters is 1. The molecule has 0 spiro atoms. The molecule has 1 aliphatic heterocycles. The summed E-state index contributed by atoms with van der Waals surface area (Å²) in [5.41, 5.74) is 0. The summed E-state index contributed by atoms with van der Waals surface area (Å²) >= 11 is 0. The van der Waals surface area contributed by atoms with Crippen molar-refractivity contribution in [2.75, 3.05) is 0 Å². The third-order valence-electron chi connectivity index (χ3n) is 8.09. The summed E-state index contributed by atoms with van der Waals surface area (Å²) in [6.45, 7) is 15.9. The molecule has 0 saturated carbocycles. The number of carbonyl (C=O) groups excluding carboxylic acids is 1. The molecule has 0 radical (unpaired) electrons. The highest BCUT2D eigenvalue weighted by atomic mass is 28.4. The van der Waals surface area contributed by atoms with E-state index in [-0.39, 0.29) is 29.1 Å². The molecular formula is C29H58O3Si. The minimum absolute atomic E-state index is 0.0385.